The number of aliphatic carboxylic acids is 1. The van der Waals surface area contributed by atoms with Crippen LogP contribution in [0.5, 0.6) is 5.75 Å². The summed E-state index contributed by atoms with van der Waals surface area (Å²) in [6.45, 7) is 3.46. The van der Waals surface area contributed by atoms with E-state index in [1.54, 1.807) is 37.3 Å². The molecular weight excluding hydrogens is 446 g/mol. The lowest BCUT2D eigenvalue weighted by Gasteiger charge is -2.16. The van der Waals surface area contributed by atoms with Gasteiger partial charge in [0.1, 0.15) is 17.4 Å². The monoisotopic (exact) mass is 471 g/mol. The van der Waals surface area contributed by atoms with Gasteiger partial charge in [-0.3, -0.25) is 4.79 Å². The molecule has 1 heterocycles. The largest absolute Gasteiger partial charge is 0.483 e. The van der Waals surface area contributed by atoms with Crippen molar-refractivity contribution in [3.63, 3.8) is 0 Å². The zero-order chi connectivity index (χ0) is 24.0. The maximum atomic E-state index is 12.4. The molecule has 0 aliphatic heterocycles. The number of hydrogen-bond acceptors (Lipinski definition) is 5. The predicted octanol–water partition coefficient (Wildman–Crippen LogP) is 4.29. The second-order valence-electron chi connectivity index (χ2n) is 7.84. The molecule has 33 heavy (non-hydrogen) atoms. The van der Waals surface area contributed by atoms with E-state index in [4.69, 9.17) is 20.8 Å². The van der Waals surface area contributed by atoms with Crippen molar-refractivity contribution in [1.82, 2.24) is 5.32 Å². The first kappa shape index (κ1) is 24.3. The van der Waals surface area contributed by atoms with Gasteiger partial charge in [0.25, 0.3) is 5.91 Å². The standard InChI is InChI=1S/C25H26ClNO6/c1-3-4-5-17-13-23(29)33-24-15(2)21(11-10-19(17)24)32-14-22(28)27-20(25(30)31)12-16-6-8-18(26)9-7-16/h6-11,13,20H,3-5,12,14H2,1-2H3,(H,27,28)(H,30,31)/t20-/m0/s1. The highest BCUT2D eigenvalue weighted by molar-refractivity contribution is 6.30. The summed E-state index contributed by atoms with van der Waals surface area (Å²) in [6, 6.07) is 10.7. The average Bonchev–Trinajstić information content (AvgIpc) is 2.78. The number of rotatable bonds is 10. The topological polar surface area (TPSA) is 106 Å². The Bertz CT molecular complexity index is 1200. The van der Waals surface area contributed by atoms with Crippen molar-refractivity contribution in [2.45, 2.75) is 45.6 Å². The fourth-order valence-corrected chi connectivity index (χ4v) is 3.70. The third-order valence-electron chi connectivity index (χ3n) is 5.34. The SMILES string of the molecule is CCCCc1cc(=O)oc2c(C)c(OCC(=O)N[C@@H](Cc3ccc(Cl)cc3)C(=O)O)ccc12. The van der Waals surface area contributed by atoms with Gasteiger partial charge in [0.2, 0.25) is 0 Å². The molecule has 3 aromatic rings. The van der Waals surface area contributed by atoms with Crippen LogP contribution in [0.4, 0.5) is 0 Å². The molecule has 0 aliphatic carbocycles. The molecule has 3 rings (SSSR count). The molecule has 8 heteroatoms. The van der Waals surface area contributed by atoms with Crippen LogP contribution in [-0.4, -0.2) is 29.6 Å². The third-order valence-corrected chi connectivity index (χ3v) is 5.59. The lowest BCUT2D eigenvalue weighted by molar-refractivity contribution is -0.142. The number of carbonyl (C=O) groups is 2. The highest BCUT2D eigenvalue weighted by Crippen LogP contribution is 2.29. The number of carboxylic acid groups (broad SMARTS) is 1. The number of hydrogen-bond donors (Lipinski definition) is 2. The minimum absolute atomic E-state index is 0.110. The number of benzene rings is 2. The van der Waals surface area contributed by atoms with Crippen LogP contribution in [-0.2, 0) is 22.4 Å². The van der Waals surface area contributed by atoms with Gasteiger partial charge in [0.05, 0.1) is 0 Å². The van der Waals surface area contributed by atoms with E-state index in [0.717, 1.165) is 35.8 Å². The van der Waals surface area contributed by atoms with Crippen LogP contribution < -0.4 is 15.7 Å². The number of amides is 1. The smallest absolute Gasteiger partial charge is 0.336 e. The van der Waals surface area contributed by atoms with Crippen molar-refractivity contribution in [1.29, 1.82) is 0 Å². The van der Waals surface area contributed by atoms with Crippen molar-refractivity contribution in [3.8, 4) is 5.75 Å². The molecule has 1 amide bonds. The van der Waals surface area contributed by atoms with Crippen LogP contribution in [0.25, 0.3) is 11.0 Å². The number of nitrogens with one attached hydrogen (secondary N) is 1. The van der Waals surface area contributed by atoms with Crippen LogP contribution in [0.1, 0.15) is 36.5 Å². The molecule has 0 aliphatic rings. The van der Waals surface area contributed by atoms with Crippen LogP contribution in [0.2, 0.25) is 5.02 Å². The van der Waals surface area contributed by atoms with Gasteiger partial charge in [0.15, 0.2) is 6.61 Å². The summed E-state index contributed by atoms with van der Waals surface area (Å²) in [6.07, 6.45) is 2.84. The van der Waals surface area contributed by atoms with E-state index in [0.29, 0.717) is 21.9 Å². The minimum Gasteiger partial charge on any atom is -0.483 e. The Kier molecular flexibility index (Phi) is 8.11. The Morgan fingerprint density at radius 1 is 1.18 bits per heavy atom. The molecule has 1 atom stereocenters. The van der Waals surface area contributed by atoms with Crippen molar-refractivity contribution in [2.75, 3.05) is 6.61 Å². The molecule has 2 aromatic carbocycles. The quantitative estimate of drug-likeness (QED) is 0.427. The number of carbonyl (C=O) groups excluding carboxylic acids is 1. The van der Waals surface area contributed by atoms with Gasteiger partial charge >= 0.3 is 11.6 Å². The number of unbranched alkanes of at least 4 members (excludes halogenated alkanes) is 1. The van der Waals surface area contributed by atoms with Crippen LogP contribution in [0.15, 0.2) is 51.7 Å². The Hall–Kier alpha value is -3.32. The van der Waals surface area contributed by atoms with Crippen LogP contribution >= 0.6 is 11.6 Å². The van der Waals surface area contributed by atoms with Gasteiger partial charge < -0.3 is 19.6 Å². The summed E-state index contributed by atoms with van der Waals surface area (Å²) >= 11 is 5.86. The molecule has 0 saturated heterocycles. The summed E-state index contributed by atoms with van der Waals surface area (Å²) in [5.74, 6) is -1.34. The first-order valence-corrected chi connectivity index (χ1v) is 11.1. The summed E-state index contributed by atoms with van der Waals surface area (Å²) in [5.41, 5.74) is 2.25. The molecule has 0 fully saturated rings. The number of carboxylic acids is 1. The second-order valence-corrected chi connectivity index (χ2v) is 8.27. The molecule has 0 unspecified atom stereocenters. The summed E-state index contributed by atoms with van der Waals surface area (Å²) in [5, 5.41) is 13.3. The summed E-state index contributed by atoms with van der Waals surface area (Å²) in [4.78, 5) is 36.0. The molecule has 0 bridgehead atoms. The van der Waals surface area contributed by atoms with Crippen molar-refractivity contribution < 1.29 is 23.8 Å². The maximum absolute atomic E-state index is 12.4. The number of ether oxygens (including phenoxy) is 1. The van der Waals surface area contributed by atoms with Gasteiger partial charge in [-0.15, -0.1) is 0 Å². The number of aryl methyl sites for hydroxylation is 2. The van der Waals surface area contributed by atoms with Crippen molar-refractivity contribution >= 4 is 34.4 Å². The average molecular weight is 472 g/mol. The maximum Gasteiger partial charge on any atom is 0.336 e. The van der Waals surface area contributed by atoms with Gasteiger partial charge in [-0.25, -0.2) is 9.59 Å². The predicted molar refractivity (Wildman–Crippen MR) is 126 cm³/mol. The summed E-state index contributed by atoms with van der Waals surface area (Å²) in [7, 11) is 0. The van der Waals surface area contributed by atoms with E-state index < -0.39 is 23.5 Å². The van der Waals surface area contributed by atoms with Crippen molar-refractivity contribution in [2.24, 2.45) is 0 Å². The Morgan fingerprint density at radius 2 is 1.91 bits per heavy atom. The molecule has 0 spiro atoms. The molecule has 0 saturated carbocycles. The highest BCUT2D eigenvalue weighted by Gasteiger charge is 2.21. The zero-order valence-electron chi connectivity index (χ0n) is 18.5. The van der Waals surface area contributed by atoms with Gasteiger partial charge in [0, 0.05) is 28.5 Å². The first-order chi connectivity index (χ1) is 15.8. The molecule has 174 valence electrons. The second kappa shape index (κ2) is 11.0. The van der Waals surface area contributed by atoms with E-state index in [1.165, 1.54) is 6.07 Å². The Balaban J connectivity index is 1.70. The molecule has 7 nitrogen and oxygen atoms in total. The fourth-order valence-electron chi connectivity index (χ4n) is 3.57. The Labute approximate surface area is 196 Å². The van der Waals surface area contributed by atoms with Crippen molar-refractivity contribution in [3.05, 3.63) is 74.6 Å². The van der Waals surface area contributed by atoms with Gasteiger partial charge in [-0.2, -0.15) is 0 Å². The Morgan fingerprint density at radius 3 is 2.58 bits per heavy atom. The molecule has 0 radical (unpaired) electrons. The first-order valence-electron chi connectivity index (χ1n) is 10.7. The van der Waals surface area contributed by atoms with Crippen LogP contribution in [0, 0.1) is 6.92 Å². The normalized spacial score (nSPS) is 11.8. The number of halogens is 1. The van der Waals surface area contributed by atoms with E-state index in [9.17, 15) is 19.5 Å². The van der Waals surface area contributed by atoms with Gasteiger partial charge in [-0.05, 0) is 55.2 Å². The minimum atomic E-state index is -1.15. The lowest BCUT2D eigenvalue weighted by atomic mass is 10.0. The van der Waals surface area contributed by atoms with E-state index in [-0.39, 0.29) is 13.0 Å². The van der Waals surface area contributed by atoms with E-state index in [2.05, 4.69) is 12.2 Å². The molecule has 2 N–H and O–H groups in total. The van der Waals surface area contributed by atoms with Crippen LogP contribution in [0.3, 0.4) is 0 Å². The van der Waals surface area contributed by atoms with Gasteiger partial charge in [-0.1, -0.05) is 37.1 Å². The summed E-state index contributed by atoms with van der Waals surface area (Å²) < 4.78 is 11.0. The molecular formula is C25H26ClNO6. The lowest BCUT2D eigenvalue weighted by Crippen LogP contribution is -2.44. The number of fused-ring (bicyclic) bond motifs is 1. The highest BCUT2D eigenvalue weighted by atomic mass is 35.5. The van der Waals surface area contributed by atoms with E-state index in [1.807, 2.05) is 6.07 Å². The molecule has 1 aromatic heterocycles. The fraction of sp³-hybridized carbons (Fsp3) is 0.320. The van der Waals surface area contributed by atoms with E-state index >= 15 is 0 Å². The third kappa shape index (κ3) is 6.35. The zero-order valence-corrected chi connectivity index (χ0v) is 19.3.